The molecule has 0 radical (unpaired) electrons. The number of phenolic OH excluding ortho intramolecular Hbond substituents is 2. The van der Waals surface area contributed by atoms with Gasteiger partial charge in [-0.15, -0.1) is 0 Å². The van der Waals surface area contributed by atoms with E-state index in [1.165, 1.54) is 6.07 Å². The van der Waals surface area contributed by atoms with Gasteiger partial charge in [-0.1, -0.05) is 0 Å². The van der Waals surface area contributed by atoms with E-state index in [-0.39, 0.29) is 23.3 Å². The van der Waals surface area contributed by atoms with Gasteiger partial charge in [-0.25, -0.2) is 4.79 Å². The van der Waals surface area contributed by atoms with Gasteiger partial charge in [0.25, 0.3) is 0 Å². The van der Waals surface area contributed by atoms with Crippen molar-refractivity contribution in [3.63, 3.8) is 0 Å². The van der Waals surface area contributed by atoms with Crippen LogP contribution in [0.4, 0.5) is 0 Å². The summed E-state index contributed by atoms with van der Waals surface area (Å²) in [5, 5.41) is 18.7. The minimum Gasteiger partial charge on any atom is -0.504 e. The largest absolute Gasteiger partial charge is 0.504 e. The lowest BCUT2D eigenvalue weighted by Gasteiger charge is -2.04. The van der Waals surface area contributed by atoms with Gasteiger partial charge in [0.15, 0.2) is 16.9 Å². The first kappa shape index (κ1) is 12.0. The van der Waals surface area contributed by atoms with E-state index in [0.717, 1.165) is 12.1 Å². The molecule has 2 N–H and O–H groups in total. The Labute approximate surface area is 101 Å². The molecule has 6 nitrogen and oxygen atoms in total. The number of hydrogen-bond acceptors (Lipinski definition) is 6. The Morgan fingerprint density at radius 3 is 2.78 bits per heavy atom. The third kappa shape index (κ3) is 1.88. The van der Waals surface area contributed by atoms with E-state index in [0.29, 0.717) is 0 Å². The Hall–Kier alpha value is -2.50. The van der Waals surface area contributed by atoms with E-state index in [9.17, 15) is 19.8 Å². The molecule has 1 aromatic heterocycles. The molecule has 94 valence electrons. The average molecular weight is 250 g/mol. The van der Waals surface area contributed by atoms with E-state index in [1.54, 1.807) is 6.92 Å². The molecule has 0 bridgehead atoms. The number of aromatic hydroxyl groups is 2. The van der Waals surface area contributed by atoms with Gasteiger partial charge in [-0.3, -0.25) is 4.79 Å². The monoisotopic (exact) mass is 250 g/mol. The summed E-state index contributed by atoms with van der Waals surface area (Å²) in [6, 6.07) is 3.36. The fourth-order valence-electron chi connectivity index (χ4n) is 1.53. The molecule has 6 heteroatoms. The highest BCUT2D eigenvalue weighted by Crippen LogP contribution is 2.31. The predicted octanol–water partition coefficient (Wildman–Crippen LogP) is 1.38. The summed E-state index contributed by atoms with van der Waals surface area (Å²) >= 11 is 0. The third-order valence-corrected chi connectivity index (χ3v) is 2.32. The Balaban J connectivity index is 2.68. The minimum atomic E-state index is -0.760. The normalized spacial score (nSPS) is 10.5. The average Bonchev–Trinajstić information content (AvgIpc) is 2.33. The molecule has 0 spiro atoms. The Kier molecular flexibility index (Phi) is 2.93. The standard InChI is InChI=1S/C12H10O6/c1-2-17-12(16)9-5-7(14)10-8(18-9)4-3-6(13)11(10)15/h3-5,13,15H,2H2,1H3. The van der Waals surface area contributed by atoms with Crippen molar-refractivity contribution in [2.24, 2.45) is 0 Å². The molecule has 2 aromatic rings. The lowest BCUT2D eigenvalue weighted by Crippen LogP contribution is -2.10. The van der Waals surface area contributed by atoms with Gasteiger partial charge in [-0.05, 0) is 19.1 Å². The number of fused-ring (bicyclic) bond motifs is 1. The molecule has 0 aliphatic heterocycles. The van der Waals surface area contributed by atoms with Gasteiger partial charge in [0.1, 0.15) is 11.0 Å². The molecule has 1 aromatic carbocycles. The van der Waals surface area contributed by atoms with Crippen LogP contribution < -0.4 is 5.43 Å². The van der Waals surface area contributed by atoms with E-state index in [2.05, 4.69) is 0 Å². The first-order valence-corrected chi connectivity index (χ1v) is 5.20. The maximum Gasteiger partial charge on any atom is 0.374 e. The fourth-order valence-corrected chi connectivity index (χ4v) is 1.53. The molecule has 18 heavy (non-hydrogen) atoms. The lowest BCUT2D eigenvalue weighted by atomic mass is 10.2. The number of phenols is 2. The molecule has 0 saturated heterocycles. The van der Waals surface area contributed by atoms with Crippen LogP contribution in [-0.2, 0) is 4.74 Å². The zero-order valence-corrected chi connectivity index (χ0v) is 9.47. The van der Waals surface area contributed by atoms with Gasteiger partial charge in [-0.2, -0.15) is 0 Å². The first-order valence-electron chi connectivity index (χ1n) is 5.20. The quantitative estimate of drug-likeness (QED) is 0.617. The highest BCUT2D eigenvalue weighted by molar-refractivity contribution is 5.91. The maximum absolute atomic E-state index is 11.7. The zero-order valence-electron chi connectivity index (χ0n) is 9.47. The smallest absolute Gasteiger partial charge is 0.374 e. The van der Waals surface area contributed by atoms with E-state index in [4.69, 9.17) is 9.15 Å². The van der Waals surface area contributed by atoms with E-state index < -0.39 is 22.9 Å². The lowest BCUT2D eigenvalue weighted by molar-refractivity contribution is 0.0490. The zero-order chi connectivity index (χ0) is 13.3. The van der Waals surface area contributed by atoms with Crippen LogP contribution in [-0.4, -0.2) is 22.8 Å². The molecule has 2 rings (SSSR count). The van der Waals surface area contributed by atoms with Crippen LogP contribution in [0.5, 0.6) is 11.5 Å². The molecule has 0 unspecified atom stereocenters. The summed E-state index contributed by atoms with van der Waals surface area (Å²) in [6.07, 6.45) is 0. The van der Waals surface area contributed by atoms with Crippen molar-refractivity contribution in [3.05, 3.63) is 34.2 Å². The molecule has 0 saturated carbocycles. The summed E-state index contributed by atoms with van der Waals surface area (Å²) < 4.78 is 9.85. The van der Waals surface area contributed by atoms with Crippen LogP contribution in [0, 0.1) is 0 Å². The Morgan fingerprint density at radius 2 is 2.11 bits per heavy atom. The number of ether oxygens (including phenoxy) is 1. The van der Waals surface area contributed by atoms with Crippen LogP contribution in [0.25, 0.3) is 11.0 Å². The predicted molar refractivity (Wildman–Crippen MR) is 61.8 cm³/mol. The highest BCUT2D eigenvalue weighted by atomic mass is 16.5. The number of benzene rings is 1. The van der Waals surface area contributed by atoms with Crippen LogP contribution >= 0.6 is 0 Å². The topological polar surface area (TPSA) is 97.0 Å². The number of carbonyl (C=O) groups excluding carboxylic acids is 1. The number of rotatable bonds is 2. The van der Waals surface area contributed by atoms with Crippen LogP contribution in [0.1, 0.15) is 17.5 Å². The van der Waals surface area contributed by atoms with Gasteiger partial charge in [0.05, 0.1) is 6.61 Å². The third-order valence-electron chi connectivity index (χ3n) is 2.32. The second kappa shape index (κ2) is 4.40. The second-order valence-electron chi connectivity index (χ2n) is 3.50. The summed E-state index contributed by atoms with van der Waals surface area (Å²) in [5.41, 5.74) is -0.631. The molecule has 0 aliphatic rings. The van der Waals surface area contributed by atoms with Crippen molar-refractivity contribution in [3.8, 4) is 11.5 Å². The van der Waals surface area contributed by atoms with Crippen molar-refractivity contribution in [1.29, 1.82) is 0 Å². The Bertz CT molecular complexity index is 670. The van der Waals surface area contributed by atoms with Crippen molar-refractivity contribution in [2.45, 2.75) is 6.92 Å². The van der Waals surface area contributed by atoms with E-state index in [1.807, 2.05) is 0 Å². The number of carbonyl (C=O) groups is 1. The minimum absolute atomic E-state index is 0.000790. The summed E-state index contributed by atoms with van der Waals surface area (Å²) in [5.74, 6) is -2.01. The highest BCUT2D eigenvalue weighted by Gasteiger charge is 2.16. The maximum atomic E-state index is 11.7. The number of esters is 1. The molecular formula is C12H10O6. The van der Waals surface area contributed by atoms with Gasteiger partial charge in [0, 0.05) is 6.07 Å². The molecule has 1 heterocycles. The van der Waals surface area contributed by atoms with Crippen LogP contribution in [0.3, 0.4) is 0 Å². The van der Waals surface area contributed by atoms with Crippen molar-refractivity contribution >= 4 is 16.9 Å². The first-order chi connectivity index (χ1) is 8.54. The Morgan fingerprint density at radius 1 is 1.39 bits per heavy atom. The van der Waals surface area contributed by atoms with Crippen molar-refractivity contribution in [2.75, 3.05) is 6.61 Å². The van der Waals surface area contributed by atoms with Crippen molar-refractivity contribution < 1.29 is 24.2 Å². The molecule has 0 fully saturated rings. The van der Waals surface area contributed by atoms with Crippen molar-refractivity contribution in [1.82, 2.24) is 0 Å². The number of hydrogen-bond donors (Lipinski definition) is 2. The fraction of sp³-hybridized carbons (Fsp3) is 0.167. The summed E-state index contributed by atoms with van der Waals surface area (Å²) in [4.78, 5) is 23.2. The van der Waals surface area contributed by atoms with Crippen LogP contribution in [0.15, 0.2) is 27.4 Å². The SMILES string of the molecule is CCOC(=O)c1cc(=O)c2c(O)c(O)ccc2o1. The van der Waals surface area contributed by atoms with Gasteiger partial charge < -0.3 is 19.4 Å². The second-order valence-corrected chi connectivity index (χ2v) is 3.50. The molecule has 0 atom stereocenters. The molecular weight excluding hydrogens is 240 g/mol. The summed E-state index contributed by atoms with van der Waals surface area (Å²) in [6.45, 7) is 1.78. The molecule has 0 amide bonds. The van der Waals surface area contributed by atoms with Crippen LogP contribution in [0.2, 0.25) is 0 Å². The van der Waals surface area contributed by atoms with Gasteiger partial charge in [0.2, 0.25) is 5.76 Å². The van der Waals surface area contributed by atoms with Gasteiger partial charge >= 0.3 is 5.97 Å². The molecule has 0 aliphatic carbocycles. The van der Waals surface area contributed by atoms with E-state index >= 15 is 0 Å². The summed E-state index contributed by atoms with van der Waals surface area (Å²) in [7, 11) is 0.